The van der Waals surface area contributed by atoms with Crippen molar-refractivity contribution in [3.05, 3.63) is 42.4 Å². The maximum Gasteiger partial charge on any atom is 0.231 e. The Bertz CT molecular complexity index is 580. The highest BCUT2D eigenvalue weighted by Crippen LogP contribution is 2.35. The Morgan fingerprint density at radius 2 is 2.20 bits per heavy atom. The number of benzene rings is 1. The third-order valence-corrected chi connectivity index (χ3v) is 4.09. The summed E-state index contributed by atoms with van der Waals surface area (Å²) < 4.78 is 10.7. The van der Waals surface area contributed by atoms with E-state index < -0.39 is 0 Å². The molecule has 3 rings (SSSR count). The molecule has 0 fully saturated rings. The predicted molar refractivity (Wildman–Crippen MR) is 77.1 cm³/mol. The number of nitrogens with zero attached hydrogens (tertiary/aromatic N) is 2. The molecule has 1 atom stereocenters. The molecule has 1 N–H and O–H groups in total. The van der Waals surface area contributed by atoms with Crippen molar-refractivity contribution in [1.82, 2.24) is 15.3 Å². The third kappa shape index (κ3) is 2.86. The normalized spacial score (nSPS) is 14.2. The minimum atomic E-state index is 0.219. The van der Waals surface area contributed by atoms with Crippen molar-refractivity contribution in [3.8, 4) is 11.5 Å². The highest BCUT2D eigenvalue weighted by atomic mass is 32.2. The quantitative estimate of drug-likeness (QED) is 0.852. The molecular formula is C14H15N3O2S. The lowest BCUT2D eigenvalue weighted by molar-refractivity contribution is 0.174. The first-order chi connectivity index (χ1) is 9.86. The van der Waals surface area contributed by atoms with Gasteiger partial charge in [0.25, 0.3) is 0 Å². The van der Waals surface area contributed by atoms with Crippen LogP contribution in [0, 0.1) is 0 Å². The van der Waals surface area contributed by atoms with Crippen LogP contribution in [0.25, 0.3) is 0 Å². The van der Waals surface area contributed by atoms with Gasteiger partial charge in [0.1, 0.15) is 5.03 Å². The molecule has 1 aliphatic rings. The van der Waals surface area contributed by atoms with Gasteiger partial charge < -0.3 is 14.8 Å². The summed E-state index contributed by atoms with van der Waals surface area (Å²) in [4.78, 5) is 8.33. The lowest BCUT2D eigenvalue weighted by Gasteiger charge is -2.16. The van der Waals surface area contributed by atoms with E-state index in [1.165, 1.54) is 5.56 Å². The second kappa shape index (κ2) is 6.11. The highest BCUT2D eigenvalue weighted by molar-refractivity contribution is 7.99. The summed E-state index contributed by atoms with van der Waals surface area (Å²) >= 11 is 1.67. The van der Waals surface area contributed by atoms with Crippen LogP contribution in [-0.2, 0) is 0 Å². The molecule has 6 heteroatoms. The Hall–Kier alpha value is -1.79. The molecule has 0 radical (unpaired) electrons. The fourth-order valence-corrected chi connectivity index (χ4v) is 2.97. The topological polar surface area (TPSA) is 56.3 Å². The number of fused-ring (bicyclic) bond motifs is 1. The third-order valence-electron chi connectivity index (χ3n) is 3.08. The molecule has 104 valence electrons. The largest absolute Gasteiger partial charge is 0.454 e. The number of aromatic nitrogens is 2. The Morgan fingerprint density at radius 1 is 1.30 bits per heavy atom. The average Bonchev–Trinajstić information content (AvgIpc) is 2.96. The fourth-order valence-electron chi connectivity index (χ4n) is 2.00. The van der Waals surface area contributed by atoms with Gasteiger partial charge in [0, 0.05) is 24.2 Å². The van der Waals surface area contributed by atoms with E-state index in [0.29, 0.717) is 6.79 Å². The molecule has 0 spiro atoms. The van der Waals surface area contributed by atoms with Gasteiger partial charge in [-0.15, -0.1) is 11.8 Å². The van der Waals surface area contributed by atoms with Crippen LogP contribution in [0.1, 0.15) is 11.6 Å². The van der Waals surface area contributed by atoms with E-state index in [0.717, 1.165) is 22.3 Å². The van der Waals surface area contributed by atoms with Crippen molar-refractivity contribution < 1.29 is 9.47 Å². The summed E-state index contributed by atoms with van der Waals surface area (Å²) in [5.41, 5.74) is 1.17. The number of thioether (sulfide) groups is 1. The van der Waals surface area contributed by atoms with Gasteiger partial charge in [0.15, 0.2) is 11.5 Å². The maximum absolute atomic E-state index is 5.42. The molecule has 2 heterocycles. The van der Waals surface area contributed by atoms with E-state index in [1.807, 2.05) is 19.2 Å². The summed E-state index contributed by atoms with van der Waals surface area (Å²) in [6.07, 6.45) is 5.16. The SMILES string of the molecule is CNC(CSc1cnccn1)c1ccc2c(c1)OCO2. The molecular weight excluding hydrogens is 274 g/mol. The first-order valence-corrected chi connectivity index (χ1v) is 7.31. The second-order valence-corrected chi connectivity index (χ2v) is 5.35. The van der Waals surface area contributed by atoms with Gasteiger partial charge in [-0.2, -0.15) is 0 Å². The zero-order valence-electron chi connectivity index (χ0n) is 11.1. The Kier molecular flexibility index (Phi) is 4.03. The molecule has 1 unspecified atom stereocenters. The fraction of sp³-hybridized carbons (Fsp3) is 0.286. The molecule has 2 aromatic rings. The first kappa shape index (κ1) is 13.2. The Morgan fingerprint density at radius 3 is 3.00 bits per heavy atom. The van der Waals surface area contributed by atoms with Gasteiger partial charge in [0.05, 0.1) is 6.20 Å². The number of hydrogen-bond acceptors (Lipinski definition) is 6. The summed E-state index contributed by atoms with van der Waals surface area (Å²) in [7, 11) is 1.95. The van der Waals surface area contributed by atoms with Gasteiger partial charge in [-0.3, -0.25) is 4.98 Å². The van der Waals surface area contributed by atoms with Crippen LogP contribution in [0.3, 0.4) is 0 Å². The summed E-state index contributed by atoms with van der Waals surface area (Å²) in [6.45, 7) is 0.303. The minimum absolute atomic E-state index is 0.219. The number of ether oxygens (including phenoxy) is 2. The molecule has 0 saturated carbocycles. The van der Waals surface area contributed by atoms with Gasteiger partial charge in [-0.25, -0.2) is 4.98 Å². The molecule has 20 heavy (non-hydrogen) atoms. The van der Waals surface area contributed by atoms with Crippen LogP contribution >= 0.6 is 11.8 Å². The summed E-state index contributed by atoms with van der Waals surface area (Å²) in [5, 5.41) is 4.24. The zero-order valence-corrected chi connectivity index (χ0v) is 11.9. The van der Waals surface area contributed by atoms with E-state index in [-0.39, 0.29) is 6.04 Å². The highest BCUT2D eigenvalue weighted by Gasteiger charge is 2.17. The number of hydrogen-bond donors (Lipinski definition) is 1. The Balaban J connectivity index is 1.70. The average molecular weight is 289 g/mol. The molecule has 1 aromatic heterocycles. The molecule has 5 nitrogen and oxygen atoms in total. The van der Waals surface area contributed by atoms with Gasteiger partial charge in [-0.05, 0) is 24.7 Å². The second-order valence-electron chi connectivity index (χ2n) is 4.31. The summed E-state index contributed by atoms with van der Waals surface area (Å²) in [5.74, 6) is 2.49. The Labute approximate surface area is 121 Å². The lowest BCUT2D eigenvalue weighted by Crippen LogP contribution is -2.18. The standard InChI is InChI=1S/C14H15N3O2S/c1-15-11(8-20-14-7-16-4-5-17-14)10-2-3-12-13(6-10)19-9-18-12/h2-7,11,15H,8-9H2,1H3. The number of rotatable bonds is 5. The van der Waals surface area contributed by atoms with Crippen LogP contribution in [0.2, 0.25) is 0 Å². The molecule has 0 amide bonds. The van der Waals surface area contributed by atoms with Crippen molar-refractivity contribution >= 4 is 11.8 Å². The van der Waals surface area contributed by atoms with E-state index >= 15 is 0 Å². The van der Waals surface area contributed by atoms with Crippen LogP contribution < -0.4 is 14.8 Å². The van der Waals surface area contributed by atoms with Crippen molar-refractivity contribution in [2.75, 3.05) is 19.6 Å². The zero-order chi connectivity index (χ0) is 13.8. The van der Waals surface area contributed by atoms with Crippen LogP contribution in [0.5, 0.6) is 11.5 Å². The van der Waals surface area contributed by atoms with Crippen molar-refractivity contribution in [2.24, 2.45) is 0 Å². The number of nitrogens with one attached hydrogen (secondary N) is 1. The van der Waals surface area contributed by atoms with Crippen LogP contribution in [0.15, 0.2) is 41.8 Å². The lowest BCUT2D eigenvalue weighted by atomic mass is 10.1. The molecule has 1 aromatic carbocycles. The minimum Gasteiger partial charge on any atom is -0.454 e. The van der Waals surface area contributed by atoms with E-state index in [1.54, 1.807) is 30.4 Å². The molecule has 0 aliphatic carbocycles. The smallest absolute Gasteiger partial charge is 0.231 e. The van der Waals surface area contributed by atoms with E-state index in [4.69, 9.17) is 9.47 Å². The van der Waals surface area contributed by atoms with Crippen LogP contribution in [0.4, 0.5) is 0 Å². The molecule has 1 aliphatic heterocycles. The molecule has 0 saturated heterocycles. The van der Waals surface area contributed by atoms with Gasteiger partial charge in [-0.1, -0.05) is 6.07 Å². The maximum atomic E-state index is 5.42. The molecule has 0 bridgehead atoms. The van der Waals surface area contributed by atoms with Crippen molar-refractivity contribution in [3.63, 3.8) is 0 Å². The summed E-state index contributed by atoms with van der Waals surface area (Å²) in [6, 6.07) is 6.26. The monoisotopic (exact) mass is 289 g/mol. The van der Waals surface area contributed by atoms with Crippen molar-refractivity contribution in [1.29, 1.82) is 0 Å². The van der Waals surface area contributed by atoms with E-state index in [2.05, 4.69) is 21.4 Å². The van der Waals surface area contributed by atoms with Crippen molar-refractivity contribution in [2.45, 2.75) is 11.1 Å². The first-order valence-electron chi connectivity index (χ1n) is 6.32. The van der Waals surface area contributed by atoms with Gasteiger partial charge in [0.2, 0.25) is 6.79 Å². The van der Waals surface area contributed by atoms with Crippen LogP contribution in [-0.4, -0.2) is 29.6 Å². The van der Waals surface area contributed by atoms with Gasteiger partial charge >= 0.3 is 0 Å². The predicted octanol–water partition coefficient (Wildman–Crippen LogP) is 2.26. The van der Waals surface area contributed by atoms with E-state index in [9.17, 15) is 0 Å².